The summed E-state index contributed by atoms with van der Waals surface area (Å²) in [5.74, 6) is -0.173. The fourth-order valence-electron chi connectivity index (χ4n) is 2.78. The third kappa shape index (κ3) is 4.95. The Bertz CT molecular complexity index is 1060. The first-order chi connectivity index (χ1) is 14.4. The molecule has 0 fully saturated rings. The maximum Gasteiger partial charge on any atom is 0.341 e. The summed E-state index contributed by atoms with van der Waals surface area (Å²) in [6.45, 7) is 4.43. The monoisotopic (exact) mass is 463 g/mol. The average molecular weight is 464 g/mol. The predicted molar refractivity (Wildman–Crippen MR) is 121 cm³/mol. The van der Waals surface area contributed by atoms with Crippen LogP contribution in [0, 0.1) is 0 Å². The summed E-state index contributed by atoms with van der Waals surface area (Å²) >= 11 is 13.2. The van der Waals surface area contributed by atoms with Crippen LogP contribution in [-0.2, 0) is 4.74 Å². The Morgan fingerprint density at radius 3 is 2.37 bits per heavy atom. The molecule has 2 aromatic carbocycles. The predicted octanol–water partition coefficient (Wildman–Crippen LogP) is 6.55. The van der Waals surface area contributed by atoms with Crippen molar-refractivity contribution < 1.29 is 19.1 Å². The van der Waals surface area contributed by atoms with Crippen molar-refractivity contribution in [2.24, 2.45) is 0 Å². The lowest BCUT2D eigenvalue weighted by atomic mass is 10.0. The highest BCUT2D eigenvalue weighted by Crippen LogP contribution is 2.37. The Hall–Kier alpha value is -2.54. The number of carbonyl (C=O) groups excluding carboxylic acids is 2. The van der Waals surface area contributed by atoms with Gasteiger partial charge in [0.15, 0.2) is 0 Å². The molecular weight excluding hydrogens is 445 g/mol. The Morgan fingerprint density at radius 2 is 1.73 bits per heavy atom. The van der Waals surface area contributed by atoms with Crippen LogP contribution < -0.4 is 10.1 Å². The van der Waals surface area contributed by atoms with E-state index in [0.29, 0.717) is 33.3 Å². The second-order valence-corrected chi connectivity index (χ2v) is 7.81. The van der Waals surface area contributed by atoms with Gasteiger partial charge in [-0.25, -0.2) is 4.79 Å². The zero-order valence-electron chi connectivity index (χ0n) is 16.3. The number of hydrogen-bond acceptors (Lipinski definition) is 5. The zero-order valence-corrected chi connectivity index (χ0v) is 18.7. The Morgan fingerprint density at radius 1 is 1.00 bits per heavy atom. The van der Waals surface area contributed by atoms with Crippen molar-refractivity contribution in [3.8, 4) is 16.9 Å². The van der Waals surface area contributed by atoms with E-state index in [0.717, 1.165) is 11.3 Å². The summed E-state index contributed by atoms with van der Waals surface area (Å²) in [6.07, 6.45) is 0. The van der Waals surface area contributed by atoms with Crippen LogP contribution in [0.3, 0.4) is 0 Å². The van der Waals surface area contributed by atoms with E-state index in [4.69, 9.17) is 32.7 Å². The van der Waals surface area contributed by atoms with E-state index in [1.165, 1.54) is 17.4 Å². The molecular formula is C22H19Cl2NO4S. The van der Waals surface area contributed by atoms with Gasteiger partial charge in [0.1, 0.15) is 16.3 Å². The van der Waals surface area contributed by atoms with Crippen molar-refractivity contribution in [2.75, 3.05) is 18.5 Å². The van der Waals surface area contributed by atoms with Crippen molar-refractivity contribution in [2.45, 2.75) is 13.8 Å². The number of amides is 1. The number of carbonyl (C=O) groups is 2. The molecule has 0 saturated carbocycles. The number of ether oxygens (including phenoxy) is 2. The molecule has 3 aromatic rings. The second-order valence-electron chi connectivity index (χ2n) is 6.11. The lowest BCUT2D eigenvalue weighted by molar-refractivity contribution is 0.0529. The fourth-order valence-corrected chi connectivity index (χ4v) is 4.03. The van der Waals surface area contributed by atoms with Crippen molar-refractivity contribution >= 4 is 51.4 Å². The molecule has 0 radical (unpaired) electrons. The van der Waals surface area contributed by atoms with Crippen molar-refractivity contribution in [1.29, 1.82) is 0 Å². The first kappa shape index (κ1) is 22.2. The van der Waals surface area contributed by atoms with Crippen molar-refractivity contribution in [1.82, 2.24) is 0 Å². The van der Waals surface area contributed by atoms with Gasteiger partial charge in [0.2, 0.25) is 0 Å². The quantitative estimate of drug-likeness (QED) is 0.403. The van der Waals surface area contributed by atoms with Gasteiger partial charge in [-0.3, -0.25) is 4.79 Å². The number of halogens is 2. The molecule has 5 nitrogen and oxygen atoms in total. The molecule has 8 heteroatoms. The lowest BCUT2D eigenvalue weighted by Gasteiger charge is -2.10. The SMILES string of the molecule is CCOC(=O)c1c(-c2ccc(OCC)cc2)csc1NC(=O)c1ccc(Cl)c(Cl)c1. The zero-order chi connectivity index (χ0) is 21.7. The smallest absolute Gasteiger partial charge is 0.341 e. The van der Waals surface area contributed by atoms with Gasteiger partial charge in [0, 0.05) is 16.5 Å². The largest absolute Gasteiger partial charge is 0.494 e. The van der Waals surface area contributed by atoms with E-state index < -0.39 is 11.9 Å². The first-order valence-electron chi connectivity index (χ1n) is 9.22. The van der Waals surface area contributed by atoms with Crippen LogP contribution in [0.4, 0.5) is 5.00 Å². The van der Waals surface area contributed by atoms with E-state index in [9.17, 15) is 9.59 Å². The minimum absolute atomic E-state index is 0.220. The summed E-state index contributed by atoms with van der Waals surface area (Å²) in [7, 11) is 0. The summed E-state index contributed by atoms with van der Waals surface area (Å²) in [4.78, 5) is 25.4. The maximum atomic E-state index is 12.7. The van der Waals surface area contributed by atoms with E-state index in [2.05, 4.69) is 5.32 Å². The molecule has 3 rings (SSSR count). The molecule has 0 bridgehead atoms. The third-order valence-corrected chi connectivity index (χ3v) is 5.79. The molecule has 0 unspecified atom stereocenters. The summed E-state index contributed by atoms with van der Waals surface area (Å²) in [5.41, 5.74) is 2.12. The number of hydrogen-bond donors (Lipinski definition) is 1. The Labute approximate surface area is 188 Å². The molecule has 0 spiro atoms. The molecule has 1 aromatic heterocycles. The van der Waals surface area contributed by atoms with Gasteiger partial charge in [0.25, 0.3) is 5.91 Å². The van der Waals surface area contributed by atoms with Crippen LogP contribution in [0.1, 0.15) is 34.6 Å². The number of thiophene rings is 1. The van der Waals surface area contributed by atoms with Gasteiger partial charge in [-0.1, -0.05) is 35.3 Å². The molecule has 1 heterocycles. The minimum Gasteiger partial charge on any atom is -0.494 e. The summed E-state index contributed by atoms with van der Waals surface area (Å²) in [5, 5.41) is 5.63. The number of anilines is 1. The average Bonchev–Trinajstić information content (AvgIpc) is 3.14. The minimum atomic E-state index is -0.507. The van der Waals surface area contributed by atoms with Crippen molar-refractivity contribution in [3.63, 3.8) is 0 Å². The first-order valence-corrected chi connectivity index (χ1v) is 10.9. The summed E-state index contributed by atoms with van der Waals surface area (Å²) < 4.78 is 10.7. The van der Waals surface area contributed by atoms with E-state index in [-0.39, 0.29) is 11.6 Å². The maximum absolute atomic E-state index is 12.7. The van der Waals surface area contributed by atoms with Gasteiger partial charge < -0.3 is 14.8 Å². The number of esters is 1. The second kappa shape index (κ2) is 9.98. The highest BCUT2D eigenvalue weighted by molar-refractivity contribution is 7.15. The van der Waals surface area contributed by atoms with Crippen LogP contribution in [0.15, 0.2) is 47.8 Å². The van der Waals surface area contributed by atoms with Crippen LogP contribution in [0.5, 0.6) is 5.75 Å². The molecule has 0 aliphatic carbocycles. The van der Waals surface area contributed by atoms with Gasteiger partial charge in [0.05, 0.1) is 23.3 Å². The molecule has 1 N–H and O–H groups in total. The molecule has 0 aliphatic heterocycles. The Kier molecular flexibility index (Phi) is 7.37. The Balaban J connectivity index is 1.95. The topological polar surface area (TPSA) is 64.6 Å². The molecule has 0 atom stereocenters. The summed E-state index contributed by atoms with van der Waals surface area (Å²) in [6, 6.07) is 12.0. The third-order valence-electron chi connectivity index (χ3n) is 4.16. The van der Waals surface area contributed by atoms with Crippen LogP contribution in [0.25, 0.3) is 11.1 Å². The number of benzene rings is 2. The van der Waals surface area contributed by atoms with Crippen LogP contribution in [-0.4, -0.2) is 25.1 Å². The highest BCUT2D eigenvalue weighted by Gasteiger charge is 2.23. The van der Waals surface area contributed by atoms with Gasteiger partial charge in [-0.2, -0.15) is 0 Å². The number of rotatable bonds is 7. The number of nitrogens with one attached hydrogen (secondary N) is 1. The molecule has 30 heavy (non-hydrogen) atoms. The van der Waals surface area contributed by atoms with Crippen molar-refractivity contribution in [3.05, 3.63) is 69.0 Å². The molecule has 0 aliphatic rings. The van der Waals surface area contributed by atoms with Gasteiger partial charge in [-0.15, -0.1) is 11.3 Å². The fraction of sp³-hybridized carbons (Fsp3) is 0.182. The van der Waals surface area contributed by atoms with E-state index in [1.807, 2.05) is 36.6 Å². The van der Waals surface area contributed by atoms with Crippen LogP contribution in [0.2, 0.25) is 10.0 Å². The van der Waals surface area contributed by atoms with Gasteiger partial charge in [-0.05, 0) is 49.7 Å². The highest BCUT2D eigenvalue weighted by atomic mass is 35.5. The molecule has 0 saturated heterocycles. The van der Waals surface area contributed by atoms with E-state index in [1.54, 1.807) is 19.1 Å². The standard InChI is InChI=1S/C22H19Cl2NO4S/c1-3-28-15-8-5-13(6-9-15)16-12-30-21(19(16)22(27)29-4-2)25-20(26)14-7-10-17(23)18(24)11-14/h5-12H,3-4H2,1-2H3,(H,25,26). The lowest BCUT2D eigenvalue weighted by Crippen LogP contribution is -2.14. The van der Waals surface area contributed by atoms with Gasteiger partial charge >= 0.3 is 5.97 Å². The normalized spacial score (nSPS) is 10.5. The molecule has 1 amide bonds. The van der Waals surface area contributed by atoms with E-state index >= 15 is 0 Å². The molecule has 156 valence electrons. The van der Waals surface area contributed by atoms with Crippen LogP contribution >= 0.6 is 34.5 Å².